The number of anilines is 4. The summed E-state index contributed by atoms with van der Waals surface area (Å²) in [6, 6.07) is 12.3. The molecule has 0 unspecified atom stereocenters. The Morgan fingerprint density at radius 1 is 0.739 bits per heavy atom. The maximum Gasteiger partial charge on any atom is 0.227 e. The Morgan fingerprint density at radius 2 is 1.39 bits per heavy atom. The lowest BCUT2D eigenvalue weighted by molar-refractivity contribution is 1.13. The van der Waals surface area contributed by atoms with E-state index in [2.05, 4.69) is 49.9 Å². The summed E-state index contributed by atoms with van der Waals surface area (Å²) in [6.07, 6.45) is 9.64. The van der Waals surface area contributed by atoms with Crippen molar-refractivity contribution in [2.75, 3.05) is 10.6 Å². The van der Waals surface area contributed by atoms with Gasteiger partial charge in [0.05, 0.1) is 18.1 Å². The highest BCUT2D eigenvalue weighted by Crippen LogP contribution is 2.40. The first-order valence-corrected chi connectivity index (χ1v) is 7.73. The summed E-state index contributed by atoms with van der Waals surface area (Å²) in [5.74, 6) is 1.36. The van der Waals surface area contributed by atoms with E-state index in [1.807, 2.05) is 12.1 Å². The Balaban J connectivity index is 1.41. The minimum Gasteiger partial charge on any atom is -0.353 e. The Labute approximate surface area is 134 Å². The van der Waals surface area contributed by atoms with Crippen LogP contribution in [0.15, 0.2) is 61.2 Å². The van der Waals surface area contributed by atoms with Crippen LogP contribution in [0.1, 0.15) is 24.3 Å². The average Bonchev–Trinajstić information content (AvgIpc) is 3.43. The highest BCUT2D eigenvalue weighted by Gasteiger charge is 2.22. The van der Waals surface area contributed by atoms with E-state index in [-0.39, 0.29) is 0 Å². The Kier molecular flexibility index (Phi) is 3.60. The number of pyridine rings is 1. The maximum atomic E-state index is 4.34. The molecule has 0 bridgehead atoms. The van der Waals surface area contributed by atoms with Crippen LogP contribution in [0.4, 0.5) is 23.0 Å². The molecule has 23 heavy (non-hydrogen) atoms. The van der Waals surface area contributed by atoms with Gasteiger partial charge in [-0.25, -0.2) is 9.97 Å². The second kappa shape index (κ2) is 6.04. The van der Waals surface area contributed by atoms with Gasteiger partial charge in [0, 0.05) is 23.8 Å². The lowest BCUT2D eigenvalue weighted by Crippen LogP contribution is -1.98. The number of nitrogens with zero attached hydrogens (tertiary/aromatic N) is 3. The third-order valence-electron chi connectivity index (χ3n) is 3.84. The van der Waals surface area contributed by atoms with Crippen molar-refractivity contribution in [3.63, 3.8) is 0 Å². The first kappa shape index (κ1) is 13.7. The second-order valence-electron chi connectivity index (χ2n) is 5.68. The number of aromatic nitrogens is 3. The molecule has 0 saturated heterocycles. The van der Waals surface area contributed by atoms with E-state index >= 15 is 0 Å². The molecule has 0 atom stereocenters. The smallest absolute Gasteiger partial charge is 0.227 e. The predicted octanol–water partition coefficient (Wildman–Crippen LogP) is 4.24. The van der Waals surface area contributed by atoms with E-state index in [1.165, 1.54) is 18.4 Å². The summed E-state index contributed by atoms with van der Waals surface area (Å²) in [4.78, 5) is 12.7. The third-order valence-corrected chi connectivity index (χ3v) is 3.84. The SMILES string of the molecule is c1cc(Nc2cnc(Nc3ccc(C4CC4)cc3)nc2)ccn1. The van der Waals surface area contributed by atoms with Crippen molar-refractivity contribution in [2.24, 2.45) is 0 Å². The van der Waals surface area contributed by atoms with Gasteiger partial charge in [0.2, 0.25) is 5.95 Å². The first-order valence-electron chi connectivity index (χ1n) is 7.73. The van der Waals surface area contributed by atoms with Crippen molar-refractivity contribution in [3.8, 4) is 0 Å². The van der Waals surface area contributed by atoms with Crippen molar-refractivity contribution >= 4 is 23.0 Å². The molecule has 2 heterocycles. The molecule has 1 aromatic carbocycles. The van der Waals surface area contributed by atoms with Crippen molar-refractivity contribution in [2.45, 2.75) is 18.8 Å². The molecule has 1 saturated carbocycles. The Hall–Kier alpha value is -2.95. The lowest BCUT2D eigenvalue weighted by Gasteiger charge is -2.08. The summed E-state index contributed by atoms with van der Waals surface area (Å²) < 4.78 is 0. The van der Waals surface area contributed by atoms with E-state index in [9.17, 15) is 0 Å². The van der Waals surface area contributed by atoms with Gasteiger partial charge in [0.25, 0.3) is 0 Å². The van der Waals surface area contributed by atoms with Gasteiger partial charge in [-0.1, -0.05) is 12.1 Å². The van der Waals surface area contributed by atoms with Gasteiger partial charge in [-0.15, -0.1) is 0 Å². The van der Waals surface area contributed by atoms with Crippen molar-refractivity contribution < 1.29 is 0 Å². The average molecular weight is 303 g/mol. The van der Waals surface area contributed by atoms with Crippen LogP contribution in [0, 0.1) is 0 Å². The highest BCUT2D eigenvalue weighted by molar-refractivity contribution is 5.59. The monoisotopic (exact) mass is 303 g/mol. The summed E-state index contributed by atoms with van der Waals surface area (Å²) in [5, 5.41) is 6.45. The van der Waals surface area contributed by atoms with E-state index in [0.29, 0.717) is 5.95 Å². The fourth-order valence-electron chi connectivity index (χ4n) is 2.44. The minimum absolute atomic E-state index is 0.587. The molecule has 0 amide bonds. The zero-order valence-corrected chi connectivity index (χ0v) is 12.6. The fraction of sp³-hybridized carbons (Fsp3) is 0.167. The number of hydrogen-bond acceptors (Lipinski definition) is 5. The summed E-state index contributed by atoms with van der Waals surface area (Å²) in [7, 11) is 0. The molecule has 0 aliphatic heterocycles. The van der Waals surface area contributed by atoms with E-state index in [4.69, 9.17) is 0 Å². The largest absolute Gasteiger partial charge is 0.353 e. The molecule has 5 nitrogen and oxygen atoms in total. The van der Waals surface area contributed by atoms with Crippen LogP contribution < -0.4 is 10.6 Å². The van der Waals surface area contributed by atoms with Gasteiger partial charge in [0.1, 0.15) is 0 Å². The quantitative estimate of drug-likeness (QED) is 0.738. The molecular weight excluding hydrogens is 286 g/mol. The molecular formula is C18H17N5. The summed E-state index contributed by atoms with van der Waals surface area (Å²) >= 11 is 0. The van der Waals surface area contributed by atoms with E-state index in [0.717, 1.165) is 23.0 Å². The standard InChI is InChI=1S/C18H17N5/c1-2-13(1)14-3-5-15(6-4-14)23-18-20-11-17(12-21-18)22-16-7-9-19-10-8-16/h3-13H,1-2H2,(H,19,22)(H,20,21,23). The molecule has 1 aliphatic rings. The summed E-state index contributed by atoms with van der Waals surface area (Å²) in [5.41, 5.74) is 4.23. The molecule has 0 spiro atoms. The lowest BCUT2D eigenvalue weighted by atomic mass is 10.1. The highest BCUT2D eigenvalue weighted by atomic mass is 15.1. The molecule has 1 aliphatic carbocycles. The van der Waals surface area contributed by atoms with Crippen LogP contribution >= 0.6 is 0 Å². The zero-order valence-electron chi connectivity index (χ0n) is 12.6. The van der Waals surface area contributed by atoms with Gasteiger partial charge in [0.15, 0.2) is 0 Å². The predicted molar refractivity (Wildman–Crippen MR) is 91.3 cm³/mol. The Morgan fingerprint density at radius 3 is 2.04 bits per heavy atom. The first-order chi connectivity index (χ1) is 11.4. The van der Waals surface area contributed by atoms with Gasteiger partial charge < -0.3 is 10.6 Å². The van der Waals surface area contributed by atoms with Crippen LogP contribution in [-0.4, -0.2) is 15.0 Å². The molecule has 1 fully saturated rings. The third kappa shape index (κ3) is 3.45. The fourth-order valence-corrected chi connectivity index (χ4v) is 2.44. The molecule has 2 aromatic heterocycles. The Bertz CT molecular complexity index is 765. The number of nitrogens with one attached hydrogen (secondary N) is 2. The molecule has 114 valence electrons. The van der Waals surface area contributed by atoms with Crippen LogP contribution in [-0.2, 0) is 0 Å². The topological polar surface area (TPSA) is 62.7 Å². The molecule has 4 rings (SSSR count). The van der Waals surface area contributed by atoms with Crippen LogP contribution in [0.5, 0.6) is 0 Å². The number of benzene rings is 1. The van der Waals surface area contributed by atoms with E-state index in [1.54, 1.807) is 24.8 Å². The molecule has 5 heteroatoms. The van der Waals surface area contributed by atoms with Crippen LogP contribution in [0.25, 0.3) is 0 Å². The van der Waals surface area contributed by atoms with Crippen molar-refractivity contribution in [1.82, 2.24) is 15.0 Å². The summed E-state index contributed by atoms with van der Waals surface area (Å²) in [6.45, 7) is 0. The van der Waals surface area contributed by atoms with Crippen molar-refractivity contribution in [1.29, 1.82) is 0 Å². The van der Waals surface area contributed by atoms with Gasteiger partial charge in [-0.05, 0) is 48.6 Å². The minimum atomic E-state index is 0.587. The number of hydrogen-bond donors (Lipinski definition) is 2. The van der Waals surface area contributed by atoms with E-state index < -0.39 is 0 Å². The van der Waals surface area contributed by atoms with Gasteiger partial charge in [-0.2, -0.15) is 0 Å². The second-order valence-corrected chi connectivity index (χ2v) is 5.68. The number of rotatable bonds is 5. The molecule has 2 N–H and O–H groups in total. The van der Waals surface area contributed by atoms with Crippen LogP contribution in [0.2, 0.25) is 0 Å². The maximum absolute atomic E-state index is 4.34. The van der Waals surface area contributed by atoms with Gasteiger partial charge >= 0.3 is 0 Å². The van der Waals surface area contributed by atoms with Gasteiger partial charge in [-0.3, -0.25) is 4.98 Å². The van der Waals surface area contributed by atoms with Crippen LogP contribution in [0.3, 0.4) is 0 Å². The van der Waals surface area contributed by atoms with Crippen molar-refractivity contribution in [3.05, 3.63) is 66.7 Å². The zero-order chi connectivity index (χ0) is 15.5. The molecule has 0 radical (unpaired) electrons. The normalized spacial score (nSPS) is 13.6. The molecule has 3 aromatic rings.